The maximum Gasteiger partial charge on any atom is 0.267 e. The number of piperidine rings is 1. The number of ether oxygens (including phenoxy) is 1. The topological polar surface area (TPSA) is 75.6 Å². The van der Waals surface area contributed by atoms with Crippen LogP contribution in [0.2, 0.25) is 0 Å². The molecule has 0 radical (unpaired) electrons. The Kier molecular flexibility index (Phi) is 6.07. The van der Waals surface area contributed by atoms with Gasteiger partial charge < -0.3 is 24.8 Å². The number of hydrogen-bond acceptors (Lipinski definition) is 5. The molecule has 1 amide bonds. The zero-order chi connectivity index (χ0) is 27.9. The molecule has 1 aromatic carbocycles. The lowest BCUT2D eigenvalue weighted by molar-refractivity contribution is -0.127. The van der Waals surface area contributed by atoms with Crippen LogP contribution in [0.25, 0.3) is 0 Å². The van der Waals surface area contributed by atoms with Crippen LogP contribution in [0, 0.1) is 17.7 Å². The van der Waals surface area contributed by atoms with E-state index in [0.29, 0.717) is 17.5 Å². The van der Waals surface area contributed by atoms with Gasteiger partial charge in [0.25, 0.3) is 24.3 Å². The van der Waals surface area contributed by atoms with Gasteiger partial charge in [0.2, 0.25) is 0 Å². The van der Waals surface area contributed by atoms with E-state index in [1.807, 2.05) is 7.05 Å². The van der Waals surface area contributed by atoms with Crippen LogP contribution < -0.4 is 16.2 Å². The molecular weight excluding hydrogens is 523 g/mol. The Bertz CT molecular complexity index is 1360. The van der Waals surface area contributed by atoms with Crippen molar-refractivity contribution in [2.75, 3.05) is 32.1 Å². The number of fused-ring (bicyclic) bond motifs is 2. The molecule has 39 heavy (non-hydrogen) atoms. The third-order valence-electron chi connectivity index (χ3n) is 8.90. The van der Waals surface area contributed by atoms with Gasteiger partial charge in [0.15, 0.2) is 0 Å². The van der Waals surface area contributed by atoms with Crippen LogP contribution in [0.3, 0.4) is 0 Å². The summed E-state index contributed by atoms with van der Waals surface area (Å²) in [6.07, 6.45) is -4.45. The molecular formula is C27H29F5N4O3. The van der Waals surface area contributed by atoms with Gasteiger partial charge in [0.05, 0.1) is 35.0 Å². The fourth-order valence-corrected chi connectivity index (χ4v) is 6.76. The minimum atomic E-state index is -3.01. The summed E-state index contributed by atoms with van der Waals surface area (Å²) in [5.74, 6) is -1.01. The smallest absolute Gasteiger partial charge is 0.267 e. The lowest BCUT2D eigenvalue weighted by Crippen LogP contribution is -2.57. The fraction of sp³-hybridized carbons (Fsp3) is 0.556. The third-order valence-corrected chi connectivity index (χ3v) is 8.90. The van der Waals surface area contributed by atoms with E-state index in [2.05, 4.69) is 15.5 Å². The average molecular weight is 553 g/mol. The number of likely N-dealkylation sites (tertiary alicyclic amines) is 1. The van der Waals surface area contributed by atoms with Gasteiger partial charge >= 0.3 is 0 Å². The molecule has 7 rings (SSSR count). The third kappa shape index (κ3) is 4.14. The Labute approximate surface area is 221 Å². The quantitative estimate of drug-likeness (QED) is 0.486. The molecule has 7 nitrogen and oxygen atoms in total. The maximum atomic E-state index is 14.8. The van der Waals surface area contributed by atoms with Crippen LogP contribution in [0.15, 0.2) is 35.3 Å². The number of rotatable bonds is 8. The van der Waals surface area contributed by atoms with Crippen molar-refractivity contribution in [3.8, 4) is 0 Å². The summed E-state index contributed by atoms with van der Waals surface area (Å²) in [6.45, 7) is 3.16. The monoisotopic (exact) mass is 552 g/mol. The molecule has 12 heteroatoms. The second-order valence-corrected chi connectivity index (χ2v) is 11.5. The summed E-state index contributed by atoms with van der Waals surface area (Å²) < 4.78 is 75.0. The number of nitrogens with zero attached hydrogens (tertiary/aromatic N) is 2. The van der Waals surface area contributed by atoms with E-state index >= 15 is 0 Å². The maximum absolute atomic E-state index is 14.8. The van der Waals surface area contributed by atoms with Gasteiger partial charge in [-0.25, -0.2) is 22.0 Å². The van der Waals surface area contributed by atoms with Gasteiger partial charge in [-0.05, 0) is 25.8 Å². The molecule has 2 saturated carbocycles. The van der Waals surface area contributed by atoms with Gasteiger partial charge in [-0.2, -0.15) is 0 Å². The molecule has 210 valence electrons. The van der Waals surface area contributed by atoms with Gasteiger partial charge in [-0.3, -0.25) is 9.59 Å². The number of pyridine rings is 1. The van der Waals surface area contributed by atoms with Crippen molar-refractivity contribution >= 4 is 11.6 Å². The summed E-state index contributed by atoms with van der Waals surface area (Å²) in [4.78, 5) is 29.0. The van der Waals surface area contributed by atoms with E-state index in [1.165, 1.54) is 35.9 Å². The first-order chi connectivity index (χ1) is 18.4. The first-order valence-electron chi connectivity index (χ1n) is 13.0. The second-order valence-electron chi connectivity index (χ2n) is 11.5. The molecule has 3 aliphatic heterocycles. The van der Waals surface area contributed by atoms with Gasteiger partial charge in [0.1, 0.15) is 11.4 Å². The van der Waals surface area contributed by atoms with Gasteiger partial charge in [0, 0.05) is 49.8 Å². The number of amides is 1. The average Bonchev–Trinajstić information content (AvgIpc) is 3.23. The minimum Gasteiger partial charge on any atom is -0.381 e. The molecule has 5 fully saturated rings. The van der Waals surface area contributed by atoms with E-state index in [9.17, 15) is 31.5 Å². The first-order valence-corrected chi connectivity index (χ1v) is 13.0. The molecule has 0 spiro atoms. The molecule has 0 unspecified atom stereocenters. The number of carbonyl (C=O) groups is 1. The Morgan fingerprint density at radius 1 is 1.13 bits per heavy atom. The van der Waals surface area contributed by atoms with Crippen molar-refractivity contribution in [3.05, 3.63) is 63.3 Å². The van der Waals surface area contributed by atoms with E-state index in [1.54, 1.807) is 0 Å². The number of aromatic nitrogens is 1. The Balaban J connectivity index is 1.31. The van der Waals surface area contributed by atoms with Crippen LogP contribution in [0.5, 0.6) is 0 Å². The van der Waals surface area contributed by atoms with Crippen LogP contribution >= 0.6 is 0 Å². The van der Waals surface area contributed by atoms with Crippen LogP contribution in [0.1, 0.15) is 53.7 Å². The summed E-state index contributed by atoms with van der Waals surface area (Å²) in [7, 11) is 2.02. The predicted molar refractivity (Wildman–Crippen MR) is 132 cm³/mol. The first kappa shape index (κ1) is 26.2. The zero-order valence-corrected chi connectivity index (χ0v) is 21.4. The molecule has 4 atom stereocenters. The van der Waals surface area contributed by atoms with E-state index in [0.717, 1.165) is 19.2 Å². The summed E-state index contributed by atoms with van der Waals surface area (Å²) in [6, 6.07) is 4.00. The Hall–Kier alpha value is -2.99. The van der Waals surface area contributed by atoms with Gasteiger partial charge in [-0.1, -0.05) is 18.2 Å². The van der Waals surface area contributed by atoms with Crippen LogP contribution in [-0.4, -0.2) is 60.2 Å². The molecule has 3 saturated heterocycles. The number of alkyl halides is 4. The lowest BCUT2D eigenvalue weighted by atomic mass is 9.68. The SMILES string of the molecule is C[C@@H](NC(=O)c1cn(C23COC(C(F)F)(C2)C3)c(=O)cc1N[C@H]1[C@@H]2CN(C)C[C@@H]21)c1cccc(C(F)F)c1F. The highest BCUT2D eigenvalue weighted by molar-refractivity contribution is 5.99. The highest BCUT2D eigenvalue weighted by atomic mass is 19.3. The van der Waals surface area contributed by atoms with Crippen molar-refractivity contribution in [2.24, 2.45) is 11.8 Å². The predicted octanol–water partition coefficient (Wildman–Crippen LogP) is 3.91. The van der Waals surface area contributed by atoms with Crippen LogP contribution in [0.4, 0.5) is 27.6 Å². The van der Waals surface area contributed by atoms with Crippen molar-refractivity contribution in [2.45, 2.75) is 55.8 Å². The summed E-state index contributed by atoms with van der Waals surface area (Å²) in [5, 5.41) is 5.98. The van der Waals surface area contributed by atoms with Crippen LogP contribution in [-0.2, 0) is 10.3 Å². The highest BCUT2D eigenvalue weighted by Gasteiger charge is 2.68. The second kappa shape index (κ2) is 9.02. The molecule has 5 aliphatic rings. The van der Waals surface area contributed by atoms with Gasteiger partial charge in [-0.15, -0.1) is 0 Å². The van der Waals surface area contributed by atoms with E-state index in [-0.39, 0.29) is 36.6 Å². The summed E-state index contributed by atoms with van der Waals surface area (Å²) in [5.41, 5.74) is -3.51. The molecule has 2 aliphatic carbocycles. The van der Waals surface area contributed by atoms with Crippen molar-refractivity contribution in [1.29, 1.82) is 0 Å². The summed E-state index contributed by atoms with van der Waals surface area (Å²) >= 11 is 0. The number of benzene rings is 1. The number of hydrogen-bond donors (Lipinski definition) is 2. The van der Waals surface area contributed by atoms with Crippen molar-refractivity contribution in [1.82, 2.24) is 14.8 Å². The van der Waals surface area contributed by atoms with E-state index in [4.69, 9.17) is 4.74 Å². The van der Waals surface area contributed by atoms with Crippen molar-refractivity contribution < 1.29 is 31.5 Å². The van der Waals surface area contributed by atoms with E-state index < -0.39 is 52.9 Å². The molecule has 1 aromatic heterocycles. The molecule has 4 heterocycles. The molecule has 2 bridgehead atoms. The fourth-order valence-electron chi connectivity index (χ4n) is 6.76. The Morgan fingerprint density at radius 2 is 1.79 bits per heavy atom. The number of halogens is 5. The zero-order valence-electron chi connectivity index (χ0n) is 21.4. The van der Waals surface area contributed by atoms with Crippen molar-refractivity contribution in [3.63, 3.8) is 0 Å². The number of nitrogens with one attached hydrogen (secondary N) is 2. The Morgan fingerprint density at radius 3 is 2.41 bits per heavy atom. The highest BCUT2D eigenvalue weighted by Crippen LogP contribution is 2.58. The lowest BCUT2D eigenvalue weighted by Gasteiger charge is -2.44. The number of carbonyl (C=O) groups excluding carboxylic acids is 1. The number of anilines is 1. The largest absolute Gasteiger partial charge is 0.381 e. The minimum absolute atomic E-state index is 0.0491. The standard InChI is InChI=1S/C27H29F5N4O3/c1-13(14-4-3-5-15(21(14)28)23(29)30)33-24(38)18-9-36(26-10-27(11-26,25(31)32)39-12-26)20(37)6-19(18)34-22-16-7-35(2)8-17(16)22/h3-6,9,13,16-17,22-23,25,34H,7-8,10-12H2,1-2H3,(H,33,38)/t13-,16-,17+,22+,26?,27?/m1/s1. The normalized spacial score (nSPS) is 31.8. The molecule has 2 N–H and O–H groups in total. The molecule has 2 aromatic rings.